The molecule has 1 aliphatic carbocycles. The lowest BCUT2D eigenvalue weighted by Crippen LogP contribution is -2.42. The number of carbonyl (C=O) groups is 2. The van der Waals surface area contributed by atoms with Gasteiger partial charge in [-0.05, 0) is 44.9 Å². The van der Waals surface area contributed by atoms with Crippen LogP contribution in [-0.2, 0) is 9.53 Å². The summed E-state index contributed by atoms with van der Waals surface area (Å²) < 4.78 is 5.21. The minimum Gasteiger partial charge on any atom is -0.480 e. The molecule has 0 aromatic rings. The van der Waals surface area contributed by atoms with E-state index in [0.717, 1.165) is 51.4 Å². The third-order valence-corrected chi connectivity index (χ3v) is 3.57. The number of ether oxygens (including phenoxy) is 1. The van der Waals surface area contributed by atoms with Crippen LogP contribution in [-0.4, -0.2) is 29.3 Å². The van der Waals surface area contributed by atoms with Crippen molar-refractivity contribution >= 4 is 12.1 Å². The Morgan fingerprint density at radius 2 is 2.00 bits per heavy atom. The van der Waals surface area contributed by atoms with Crippen molar-refractivity contribution in [3.05, 3.63) is 12.7 Å². The monoisotopic (exact) mass is 283 g/mol. The van der Waals surface area contributed by atoms with E-state index in [9.17, 15) is 9.59 Å². The molecule has 1 saturated carbocycles. The highest BCUT2D eigenvalue weighted by molar-refractivity contribution is 5.79. The fourth-order valence-electron chi connectivity index (χ4n) is 2.41. The number of hydrogen-bond donors (Lipinski definition) is 2. The van der Waals surface area contributed by atoms with E-state index in [1.807, 2.05) is 6.08 Å². The largest absolute Gasteiger partial charge is 0.480 e. The van der Waals surface area contributed by atoms with Crippen LogP contribution in [0.25, 0.3) is 0 Å². The number of allylic oxidation sites excluding steroid dienone is 1. The van der Waals surface area contributed by atoms with Gasteiger partial charge >= 0.3 is 12.1 Å². The summed E-state index contributed by atoms with van der Waals surface area (Å²) in [5.41, 5.74) is 0. The van der Waals surface area contributed by atoms with E-state index in [1.165, 1.54) is 0 Å². The maximum atomic E-state index is 11.6. The van der Waals surface area contributed by atoms with Crippen LogP contribution in [0.15, 0.2) is 12.7 Å². The average Bonchev–Trinajstić information content (AvgIpc) is 2.89. The minimum absolute atomic E-state index is 0.0444. The highest BCUT2D eigenvalue weighted by Gasteiger charge is 2.23. The number of carbonyl (C=O) groups excluding carboxylic acids is 1. The topological polar surface area (TPSA) is 75.6 Å². The summed E-state index contributed by atoms with van der Waals surface area (Å²) in [6.45, 7) is 3.64. The van der Waals surface area contributed by atoms with Crippen molar-refractivity contribution in [2.24, 2.45) is 0 Å². The summed E-state index contributed by atoms with van der Waals surface area (Å²) in [5.74, 6) is -1.00. The Bertz CT molecular complexity index is 324. The van der Waals surface area contributed by atoms with Gasteiger partial charge in [-0.2, -0.15) is 0 Å². The summed E-state index contributed by atoms with van der Waals surface area (Å²) in [6, 6.07) is -0.854. The Kier molecular flexibility index (Phi) is 7.77. The number of alkyl carbamates (subject to hydrolysis) is 1. The first-order valence-corrected chi connectivity index (χ1v) is 7.44. The molecule has 5 nitrogen and oxygen atoms in total. The van der Waals surface area contributed by atoms with E-state index in [1.54, 1.807) is 0 Å². The molecule has 0 heterocycles. The molecule has 20 heavy (non-hydrogen) atoms. The molecule has 0 bridgehead atoms. The van der Waals surface area contributed by atoms with Crippen molar-refractivity contribution < 1.29 is 19.4 Å². The van der Waals surface area contributed by atoms with E-state index < -0.39 is 18.1 Å². The zero-order chi connectivity index (χ0) is 14.8. The third kappa shape index (κ3) is 6.59. The zero-order valence-electron chi connectivity index (χ0n) is 12.0. The lowest BCUT2D eigenvalue weighted by atomic mass is 10.1. The van der Waals surface area contributed by atoms with Gasteiger partial charge in [0, 0.05) is 0 Å². The maximum absolute atomic E-state index is 11.6. The number of rotatable bonds is 9. The fraction of sp³-hybridized carbons (Fsp3) is 0.733. The van der Waals surface area contributed by atoms with Gasteiger partial charge in [0.1, 0.15) is 12.1 Å². The third-order valence-electron chi connectivity index (χ3n) is 3.57. The molecule has 2 N–H and O–H groups in total. The van der Waals surface area contributed by atoms with Gasteiger partial charge in [-0.1, -0.05) is 18.9 Å². The molecule has 1 aliphatic rings. The minimum atomic E-state index is -1.00. The zero-order valence-corrected chi connectivity index (χ0v) is 12.0. The number of hydrogen-bond acceptors (Lipinski definition) is 3. The van der Waals surface area contributed by atoms with E-state index in [0.29, 0.717) is 6.42 Å². The van der Waals surface area contributed by atoms with Crippen LogP contribution < -0.4 is 5.32 Å². The predicted octanol–water partition coefficient (Wildman–Crippen LogP) is 3.24. The Labute approximate surface area is 120 Å². The molecular weight excluding hydrogens is 258 g/mol. The number of aliphatic carboxylic acids is 1. The SMILES string of the molecule is C=CCCCCCC(NC(=O)OC1CCCC1)C(=O)O. The van der Waals surface area contributed by atoms with Crippen LogP contribution >= 0.6 is 0 Å². The maximum Gasteiger partial charge on any atom is 0.408 e. The van der Waals surface area contributed by atoms with Gasteiger partial charge in [-0.3, -0.25) is 0 Å². The molecule has 0 aromatic heterocycles. The molecule has 1 atom stereocenters. The molecule has 0 saturated heterocycles. The predicted molar refractivity (Wildman–Crippen MR) is 76.6 cm³/mol. The standard InChI is InChI=1S/C15H25NO4/c1-2-3-4-5-6-11-13(14(17)18)16-15(19)20-12-9-7-8-10-12/h2,12-13H,1,3-11H2,(H,16,19)(H,17,18). The number of carboxylic acid groups (broad SMARTS) is 1. The van der Waals surface area contributed by atoms with Crippen LogP contribution in [0.2, 0.25) is 0 Å². The quantitative estimate of drug-likeness (QED) is 0.503. The van der Waals surface area contributed by atoms with Gasteiger partial charge in [0.15, 0.2) is 0 Å². The first-order valence-electron chi connectivity index (χ1n) is 7.44. The van der Waals surface area contributed by atoms with Crippen LogP contribution in [0.4, 0.5) is 4.79 Å². The number of carboxylic acids is 1. The van der Waals surface area contributed by atoms with Crippen molar-refractivity contribution in [2.75, 3.05) is 0 Å². The number of amides is 1. The Morgan fingerprint density at radius 3 is 2.60 bits per heavy atom. The fourth-order valence-corrected chi connectivity index (χ4v) is 2.41. The first-order chi connectivity index (χ1) is 9.63. The second-order valence-corrected chi connectivity index (χ2v) is 5.27. The molecule has 0 spiro atoms. The highest BCUT2D eigenvalue weighted by atomic mass is 16.6. The van der Waals surface area contributed by atoms with Crippen molar-refractivity contribution in [1.82, 2.24) is 5.32 Å². The summed E-state index contributed by atoms with van der Waals surface area (Å²) in [6.07, 6.45) is 9.21. The van der Waals surface area contributed by atoms with E-state index >= 15 is 0 Å². The molecular formula is C15H25NO4. The lowest BCUT2D eigenvalue weighted by Gasteiger charge is -2.17. The van der Waals surface area contributed by atoms with Crippen LogP contribution in [0.1, 0.15) is 57.8 Å². The molecule has 1 rings (SSSR count). The number of unbranched alkanes of at least 4 members (excludes halogenated alkanes) is 3. The molecule has 1 amide bonds. The Hall–Kier alpha value is -1.52. The van der Waals surface area contributed by atoms with Gasteiger partial charge in [0.2, 0.25) is 0 Å². The Morgan fingerprint density at radius 1 is 1.30 bits per heavy atom. The summed E-state index contributed by atoms with van der Waals surface area (Å²) in [4.78, 5) is 22.7. The van der Waals surface area contributed by atoms with Crippen molar-refractivity contribution in [3.8, 4) is 0 Å². The van der Waals surface area contributed by atoms with Gasteiger partial charge in [0.25, 0.3) is 0 Å². The average molecular weight is 283 g/mol. The molecule has 5 heteroatoms. The van der Waals surface area contributed by atoms with Gasteiger partial charge < -0.3 is 15.2 Å². The van der Waals surface area contributed by atoms with E-state index in [-0.39, 0.29) is 6.10 Å². The molecule has 114 valence electrons. The molecule has 0 radical (unpaired) electrons. The second-order valence-electron chi connectivity index (χ2n) is 5.27. The van der Waals surface area contributed by atoms with Crippen molar-refractivity contribution in [3.63, 3.8) is 0 Å². The first kappa shape index (κ1) is 16.5. The van der Waals surface area contributed by atoms with E-state index in [2.05, 4.69) is 11.9 Å². The lowest BCUT2D eigenvalue weighted by molar-refractivity contribution is -0.139. The van der Waals surface area contributed by atoms with Gasteiger partial charge in [-0.15, -0.1) is 6.58 Å². The second kappa shape index (κ2) is 9.39. The van der Waals surface area contributed by atoms with Crippen LogP contribution in [0.3, 0.4) is 0 Å². The molecule has 0 aliphatic heterocycles. The van der Waals surface area contributed by atoms with Crippen LogP contribution in [0, 0.1) is 0 Å². The van der Waals surface area contributed by atoms with E-state index in [4.69, 9.17) is 9.84 Å². The summed E-state index contributed by atoms with van der Waals surface area (Å²) >= 11 is 0. The molecule has 0 aromatic carbocycles. The van der Waals surface area contributed by atoms with Gasteiger partial charge in [0.05, 0.1) is 0 Å². The van der Waals surface area contributed by atoms with Crippen molar-refractivity contribution in [1.29, 1.82) is 0 Å². The normalized spacial score (nSPS) is 16.6. The van der Waals surface area contributed by atoms with Crippen molar-refractivity contribution in [2.45, 2.75) is 69.9 Å². The Balaban J connectivity index is 2.24. The summed E-state index contributed by atoms with van der Waals surface area (Å²) in [7, 11) is 0. The summed E-state index contributed by atoms with van der Waals surface area (Å²) in [5, 5.41) is 11.6. The van der Waals surface area contributed by atoms with Crippen LogP contribution in [0.5, 0.6) is 0 Å². The molecule has 1 unspecified atom stereocenters. The smallest absolute Gasteiger partial charge is 0.408 e. The highest BCUT2D eigenvalue weighted by Crippen LogP contribution is 2.21. The molecule has 1 fully saturated rings. The van der Waals surface area contributed by atoms with Gasteiger partial charge in [-0.25, -0.2) is 9.59 Å². The number of nitrogens with one attached hydrogen (secondary N) is 1.